The number of aromatic nitrogens is 1. The molecule has 2 rings (SSSR count). The van der Waals surface area contributed by atoms with Crippen molar-refractivity contribution >= 4 is 12.1 Å². The average molecular weight is 175 g/mol. The smallest absolute Gasteiger partial charge is 0.211 e. The van der Waals surface area contributed by atoms with Crippen molar-refractivity contribution in [1.29, 1.82) is 0 Å². The van der Waals surface area contributed by atoms with E-state index in [1.807, 2.05) is 6.07 Å². The molecule has 1 aliphatic heterocycles. The van der Waals surface area contributed by atoms with Crippen molar-refractivity contribution in [3.63, 3.8) is 0 Å². The van der Waals surface area contributed by atoms with E-state index in [0.29, 0.717) is 6.41 Å². The highest BCUT2D eigenvalue weighted by Gasteiger charge is 2.08. The summed E-state index contributed by atoms with van der Waals surface area (Å²) in [6.45, 7) is 0. The Morgan fingerprint density at radius 3 is 3.38 bits per heavy atom. The normalized spacial score (nSPS) is 13.7. The van der Waals surface area contributed by atoms with Gasteiger partial charge in [0.15, 0.2) is 0 Å². The largest absolute Gasteiger partial charge is 0.359 e. The summed E-state index contributed by atoms with van der Waals surface area (Å²) in [4.78, 5) is 14.2. The third kappa shape index (κ3) is 1.51. The number of fused-ring (bicyclic) bond motifs is 1. The van der Waals surface area contributed by atoms with E-state index in [2.05, 4.69) is 15.6 Å². The van der Waals surface area contributed by atoms with E-state index in [-0.39, 0.29) is 0 Å². The first-order chi connectivity index (χ1) is 6.40. The van der Waals surface area contributed by atoms with Crippen LogP contribution in [0.5, 0.6) is 0 Å². The maximum atomic E-state index is 10.2. The van der Waals surface area contributed by atoms with Gasteiger partial charge in [0, 0.05) is 24.5 Å². The molecule has 1 amide bonds. The van der Waals surface area contributed by atoms with Crippen LogP contribution in [0.15, 0.2) is 30.4 Å². The zero-order valence-corrected chi connectivity index (χ0v) is 6.95. The van der Waals surface area contributed by atoms with Gasteiger partial charge in [-0.1, -0.05) is 0 Å². The topological polar surface area (TPSA) is 54.0 Å². The van der Waals surface area contributed by atoms with Crippen molar-refractivity contribution in [2.75, 3.05) is 5.32 Å². The van der Waals surface area contributed by atoms with Gasteiger partial charge in [0.25, 0.3) is 0 Å². The molecule has 0 aliphatic carbocycles. The Labute approximate surface area is 75.7 Å². The van der Waals surface area contributed by atoms with Crippen LogP contribution in [-0.2, 0) is 11.2 Å². The summed E-state index contributed by atoms with van der Waals surface area (Å²) in [5.74, 6) is 0. The second-order valence-electron chi connectivity index (χ2n) is 2.79. The lowest BCUT2D eigenvalue weighted by molar-refractivity contribution is -0.108. The maximum Gasteiger partial charge on any atom is 0.211 e. The van der Waals surface area contributed by atoms with Crippen LogP contribution in [0.3, 0.4) is 0 Å². The summed E-state index contributed by atoms with van der Waals surface area (Å²) in [5, 5.41) is 5.67. The van der Waals surface area contributed by atoms with E-state index in [1.54, 1.807) is 18.6 Å². The summed E-state index contributed by atoms with van der Waals surface area (Å²) in [6.07, 6.45) is 6.70. The molecule has 66 valence electrons. The molecular formula is C9H9N3O. The number of nitrogens with zero attached hydrogens (tertiary/aromatic N) is 1. The third-order valence-electron chi connectivity index (χ3n) is 1.94. The van der Waals surface area contributed by atoms with Gasteiger partial charge in [0.2, 0.25) is 6.41 Å². The molecular weight excluding hydrogens is 166 g/mol. The van der Waals surface area contributed by atoms with Crippen LogP contribution in [0.2, 0.25) is 0 Å². The van der Waals surface area contributed by atoms with Crippen molar-refractivity contribution in [2.24, 2.45) is 0 Å². The van der Waals surface area contributed by atoms with Crippen molar-refractivity contribution in [2.45, 2.75) is 6.42 Å². The lowest BCUT2D eigenvalue weighted by Crippen LogP contribution is -2.17. The molecule has 4 nitrogen and oxygen atoms in total. The van der Waals surface area contributed by atoms with Gasteiger partial charge in [0.05, 0.1) is 11.9 Å². The highest BCUT2D eigenvalue weighted by molar-refractivity contribution is 5.59. The fourth-order valence-electron chi connectivity index (χ4n) is 1.30. The number of carbonyl (C=O) groups is 1. The number of rotatable bonds is 2. The molecule has 0 saturated heterocycles. The van der Waals surface area contributed by atoms with Gasteiger partial charge in [-0.15, -0.1) is 0 Å². The number of hydrogen-bond acceptors (Lipinski definition) is 3. The first-order valence-electron chi connectivity index (χ1n) is 3.99. The quantitative estimate of drug-likeness (QED) is 0.648. The maximum absolute atomic E-state index is 10.2. The first-order valence-corrected chi connectivity index (χ1v) is 3.99. The highest BCUT2D eigenvalue weighted by Crippen LogP contribution is 2.20. The van der Waals surface area contributed by atoms with Crippen LogP contribution < -0.4 is 10.6 Å². The second-order valence-corrected chi connectivity index (χ2v) is 2.79. The van der Waals surface area contributed by atoms with Gasteiger partial charge in [-0.05, 0) is 11.6 Å². The molecule has 0 saturated carbocycles. The number of hydrogen-bond donors (Lipinski definition) is 2. The molecule has 0 bridgehead atoms. The number of carbonyl (C=O) groups excluding carboxylic acids is 1. The minimum atomic E-state index is 0.680. The van der Waals surface area contributed by atoms with Crippen LogP contribution in [0.1, 0.15) is 5.56 Å². The van der Waals surface area contributed by atoms with Gasteiger partial charge in [-0.2, -0.15) is 0 Å². The number of nitrogens with one attached hydrogen (secondary N) is 2. The third-order valence-corrected chi connectivity index (χ3v) is 1.94. The summed E-state index contributed by atoms with van der Waals surface area (Å²) >= 11 is 0. The lowest BCUT2D eigenvalue weighted by atomic mass is 10.1. The summed E-state index contributed by atoms with van der Waals surface area (Å²) in [5.41, 5.74) is 3.01. The highest BCUT2D eigenvalue weighted by atomic mass is 16.1. The predicted molar refractivity (Wildman–Crippen MR) is 48.8 cm³/mol. The average Bonchev–Trinajstić information content (AvgIpc) is 2.18. The predicted octanol–water partition coefficient (Wildman–Crippen LogP) is 0.637. The molecule has 0 unspecified atom stereocenters. The molecule has 0 radical (unpaired) electrons. The fraction of sp³-hybridized carbons (Fsp3) is 0.111. The van der Waals surface area contributed by atoms with Crippen molar-refractivity contribution in [3.05, 3.63) is 35.9 Å². The van der Waals surface area contributed by atoms with E-state index < -0.39 is 0 Å². The van der Waals surface area contributed by atoms with Gasteiger partial charge in [0.1, 0.15) is 0 Å². The monoisotopic (exact) mass is 175 g/mol. The molecule has 1 aliphatic rings. The van der Waals surface area contributed by atoms with Crippen LogP contribution in [0, 0.1) is 0 Å². The SMILES string of the molecule is O=CNC1=CNc2cnccc2C1. The molecule has 2 N–H and O–H groups in total. The Bertz CT molecular complexity index is 360. The van der Waals surface area contributed by atoms with Gasteiger partial charge in [-0.3, -0.25) is 9.78 Å². The van der Waals surface area contributed by atoms with Crippen molar-refractivity contribution < 1.29 is 4.79 Å². The Hall–Kier alpha value is -1.84. The molecule has 0 aromatic carbocycles. The Morgan fingerprint density at radius 1 is 1.62 bits per heavy atom. The standard InChI is InChI=1S/C9H9N3O/c13-6-12-8-3-7-1-2-10-5-9(7)11-4-8/h1-2,4-6,11H,3H2,(H,12,13). The lowest BCUT2D eigenvalue weighted by Gasteiger charge is -2.16. The number of allylic oxidation sites excluding steroid dienone is 1. The minimum Gasteiger partial charge on any atom is -0.359 e. The van der Waals surface area contributed by atoms with Crippen LogP contribution in [0.25, 0.3) is 0 Å². The summed E-state index contributed by atoms with van der Waals surface area (Å²) in [6, 6.07) is 1.93. The first kappa shape index (κ1) is 7.79. The van der Waals surface area contributed by atoms with Crippen LogP contribution >= 0.6 is 0 Å². The van der Waals surface area contributed by atoms with Gasteiger partial charge < -0.3 is 10.6 Å². The molecule has 0 spiro atoms. The molecule has 13 heavy (non-hydrogen) atoms. The van der Waals surface area contributed by atoms with Gasteiger partial charge >= 0.3 is 0 Å². The molecule has 0 fully saturated rings. The Morgan fingerprint density at radius 2 is 2.54 bits per heavy atom. The number of pyridine rings is 1. The summed E-state index contributed by atoms with van der Waals surface area (Å²) in [7, 11) is 0. The summed E-state index contributed by atoms with van der Waals surface area (Å²) < 4.78 is 0. The van der Waals surface area contributed by atoms with Crippen molar-refractivity contribution in [1.82, 2.24) is 10.3 Å². The van der Waals surface area contributed by atoms with E-state index in [1.165, 1.54) is 0 Å². The van der Waals surface area contributed by atoms with Gasteiger partial charge in [-0.25, -0.2) is 0 Å². The number of amides is 1. The van der Waals surface area contributed by atoms with E-state index >= 15 is 0 Å². The number of anilines is 1. The molecule has 1 aromatic rings. The molecule has 1 aromatic heterocycles. The zero-order valence-electron chi connectivity index (χ0n) is 6.95. The van der Waals surface area contributed by atoms with Crippen molar-refractivity contribution in [3.8, 4) is 0 Å². The zero-order chi connectivity index (χ0) is 9.10. The van der Waals surface area contributed by atoms with E-state index in [0.717, 1.165) is 23.4 Å². The Kier molecular flexibility index (Phi) is 1.96. The van der Waals surface area contributed by atoms with E-state index in [9.17, 15) is 4.79 Å². The van der Waals surface area contributed by atoms with Crippen LogP contribution in [-0.4, -0.2) is 11.4 Å². The van der Waals surface area contributed by atoms with Crippen LogP contribution in [0.4, 0.5) is 5.69 Å². The minimum absolute atomic E-state index is 0.680. The molecule has 0 atom stereocenters. The molecule has 4 heteroatoms. The van der Waals surface area contributed by atoms with E-state index in [4.69, 9.17) is 0 Å². The second kappa shape index (κ2) is 3.26. The fourth-order valence-corrected chi connectivity index (χ4v) is 1.30. The Balaban J connectivity index is 2.22. The molecule has 2 heterocycles.